The van der Waals surface area contributed by atoms with Crippen LogP contribution in [0.4, 0.5) is 34.1 Å². The lowest BCUT2D eigenvalue weighted by Gasteiger charge is -2.41. The maximum absolute atomic E-state index is 5.48. The molecule has 8 nitrogen and oxygen atoms in total. The summed E-state index contributed by atoms with van der Waals surface area (Å²) in [5.74, 6) is 0.645. The quantitative estimate of drug-likeness (QED) is 0.159. The van der Waals surface area contributed by atoms with Crippen molar-refractivity contribution in [3.8, 4) is 45.3 Å². The lowest BCUT2D eigenvalue weighted by molar-refractivity contribution is 1.08. The molecular weight excluding hydrogens is 857 g/mol. The van der Waals surface area contributed by atoms with E-state index >= 15 is 0 Å². The molecule has 8 aromatic carbocycles. The Kier molecular flexibility index (Phi) is 9.03. The fourth-order valence-electron chi connectivity index (χ4n) is 10.5. The fraction of sp³-hybridized carbons (Fsp3) is 0. The number of aromatic nitrogens is 6. The summed E-state index contributed by atoms with van der Waals surface area (Å²) in [4.78, 5) is 25.7. The molecule has 0 radical (unpaired) electrons. The van der Waals surface area contributed by atoms with Gasteiger partial charge in [0, 0.05) is 45.5 Å². The van der Waals surface area contributed by atoms with E-state index in [1.165, 1.54) is 0 Å². The zero-order chi connectivity index (χ0) is 46.1. The maximum Gasteiger partial charge on any atom is 0.160 e. The normalized spacial score (nSPS) is 12.2. The Hall–Kier alpha value is -9.66. The fourth-order valence-corrected chi connectivity index (χ4v) is 10.5. The van der Waals surface area contributed by atoms with Gasteiger partial charge in [0.25, 0.3) is 0 Å². The van der Waals surface area contributed by atoms with E-state index in [0.717, 1.165) is 117 Å². The highest BCUT2D eigenvalue weighted by molar-refractivity contribution is 6.12. The topological polar surface area (TPSA) is 67.9 Å². The van der Waals surface area contributed by atoms with Gasteiger partial charge in [-0.05, 0) is 91.0 Å². The van der Waals surface area contributed by atoms with Gasteiger partial charge in [-0.3, -0.25) is 9.97 Å². The van der Waals surface area contributed by atoms with Crippen molar-refractivity contribution in [3.63, 3.8) is 0 Å². The second kappa shape index (κ2) is 16.0. The average Bonchev–Trinajstić information content (AvgIpc) is 3.96. The Morgan fingerprint density at radius 2 is 0.714 bits per heavy atom. The van der Waals surface area contributed by atoms with E-state index in [9.17, 15) is 0 Å². The Morgan fingerprint density at radius 1 is 0.300 bits per heavy atom. The smallest absolute Gasteiger partial charge is 0.160 e. The van der Waals surface area contributed by atoms with Gasteiger partial charge >= 0.3 is 0 Å². The Bertz CT molecular complexity index is 3800. The summed E-state index contributed by atoms with van der Waals surface area (Å²) in [6.45, 7) is 0. The van der Waals surface area contributed by atoms with Crippen LogP contribution in [0, 0.1) is 0 Å². The molecule has 0 unspecified atom stereocenters. The van der Waals surface area contributed by atoms with Crippen molar-refractivity contribution in [1.29, 1.82) is 0 Å². The summed E-state index contributed by atoms with van der Waals surface area (Å²) in [5.41, 5.74) is 18.5. The minimum Gasteiger partial charge on any atom is -0.306 e. The second-order valence-electron chi connectivity index (χ2n) is 17.5. The molecule has 0 atom stereocenters. The molecule has 0 saturated heterocycles. The number of para-hydroxylation sites is 7. The third-order valence-electron chi connectivity index (χ3n) is 13.5. The molecule has 0 N–H and O–H groups in total. The monoisotopic (exact) mass is 896 g/mol. The average molecular weight is 897 g/mol. The third kappa shape index (κ3) is 6.17. The summed E-state index contributed by atoms with van der Waals surface area (Å²) in [7, 11) is 0. The van der Waals surface area contributed by atoms with Gasteiger partial charge < -0.3 is 18.9 Å². The van der Waals surface area contributed by atoms with E-state index in [1.54, 1.807) is 0 Å². The van der Waals surface area contributed by atoms with Gasteiger partial charge in [0.05, 0.1) is 84.3 Å². The number of pyridine rings is 2. The minimum absolute atomic E-state index is 0.645. The van der Waals surface area contributed by atoms with Crippen molar-refractivity contribution in [2.75, 3.05) is 9.80 Å². The van der Waals surface area contributed by atoms with Crippen LogP contribution in [0.5, 0.6) is 0 Å². The number of nitrogens with zero attached hydrogens (tertiary/aromatic N) is 8. The molecule has 70 heavy (non-hydrogen) atoms. The van der Waals surface area contributed by atoms with Crippen molar-refractivity contribution < 1.29 is 0 Å². The van der Waals surface area contributed by atoms with Crippen LogP contribution in [0.1, 0.15) is 0 Å². The molecule has 0 amide bonds. The van der Waals surface area contributed by atoms with Crippen LogP contribution in [0.2, 0.25) is 0 Å². The first-order valence-corrected chi connectivity index (χ1v) is 23.5. The number of hydrogen-bond acceptors (Lipinski definition) is 6. The standard InChI is InChI=1S/C62H40N8/c1-4-20-41(21-5-1)47-40-48(66-62(65-47)42-22-6-2-7-23-42)43-38-57(68-49-28-12-10-26-45(49)59-55(68)34-18-36-63-59)61(58(39-43)69-50-29-13-11-27-46(50)60-56(69)35-19-37-64-60)70-53-32-16-14-30-51(53)67(44-24-8-3-9-25-44)52-31-15-17-33-54(52)70/h1-40H. The van der Waals surface area contributed by atoms with Gasteiger partial charge in [0.1, 0.15) is 0 Å². The lowest BCUT2D eigenvalue weighted by atomic mass is 10.00. The number of anilines is 6. The van der Waals surface area contributed by atoms with Gasteiger partial charge in [-0.25, -0.2) is 9.97 Å². The van der Waals surface area contributed by atoms with E-state index in [2.05, 4.69) is 213 Å². The first-order valence-electron chi connectivity index (χ1n) is 23.5. The Balaban J connectivity index is 1.18. The molecule has 8 heteroatoms. The molecule has 6 heterocycles. The molecule has 1 aliphatic rings. The molecule has 0 bridgehead atoms. The summed E-state index contributed by atoms with van der Waals surface area (Å²) < 4.78 is 4.80. The molecule has 0 aliphatic carbocycles. The SMILES string of the molecule is c1ccc(-c2cc(-c3cc(-n4c5ccccc5c5ncccc54)c(N4c5ccccc5N(c5ccccc5)c5ccccc54)c(-n4c5ccccc5c5ncccc54)c3)nc(-c3ccccc3)n2)cc1. The van der Waals surface area contributed by atoms with Gasteiger partial charge in [-0.15, -0.1) is 0 Å². The van der Waals surface area contributed by atoms with Gasteiger partial charge in [0.2, 0.25) is 0 Å². The van der Waals surface area contributed by atoms with E-state index in [-0.39, 0.29) is 0 Å². The lowest BCUT2D eigenvalue weighted by Crippen LogP contribution is -2.25. The summed E-state index contributed by atoms with van der Waals surface area (Å²) in [5, 5.41) is 2.12. The molecule has 0 saturated carbocycles. The van der Waals surface area contributed by atoms with Crippen molar-refractivity contribution in [1.82, 2.24) is 29.1 Å². The van der Waals surface area contributed by atoms with Gasteiger partial charge in [-0.1, -0.05) is 140 Å². The van der Waals surface area contributed by atoms with E-state index in [1.807, 2.05) is 48.8 Å². The first-order chi connectivity index (χ1) is 34.8. The molecule has 5 aromatic heterocycles. The minimum atomic E-state index is 0.645. The second-order valence-corrected chi connectivity index (χ2v) is 17.5. The van der Waals surface area contributed by atoms with Crippen LogP contribution in [0.3, 0.4) is 0 Å². The highest BCUT2D eigenvalue weighted by Crippen LogP contribution is 2.57. The van der Waals surface area contributed by atoms with Crippen LogP contribution in [0.25, 0.3) is 89.2 Å². The molecule has 328 valence electrons. The predicted molar refractivity (Wildman–Crippen MR) is 286 cm³/mol. The van der Waals surface area contributed by atoms with E-state index in [0.29, 0.717) is 5.82 Å². The molecule has 14 rings (SSSR count). The molecule has 13 aromatic rings. The van der Waals surface area contributed by atoms with Crippen LogP contribution < -0.4 is 9.80 Å². The Morgan fingerprint density at radius 3 is 1.24 bits per heavy atom. The zero-order valence-corrected chi connectivity index (χ0v) is 37.7. The van der Waals surface area contributed by atoms with Crippen molar-refractivity contribution in [2.45, 2.75) is 0 Å². The van der Waals surface area contributed by atoms with Crippen molar-refractivity contribution in [2.24, 2.45) is 0 Å². The third-order valence-corrected chi connectivity index (χ3v) is 13.5. The number of hydrogen-bond donors (Lipinski definition) is 0. The Labute approximate surface area is 403 Å². The van der Waals surface area contributed by atoms with Crippen molar-refractivity contribution >= 4 is 78.0 Å². The van der Waals surface area contributed by atoms with E-state index in [4.69, 9.17) is 19.9 Å². The van der Waals surface area contributed by atoms with Crippen molar-refractivity contribution in [3.05, 3.63) is 243 Å². The number of benzene rings is 8. The molecule has 0 fully saturated rings. The highest BCUT2D eigenvalue weighted by atomic mass is 15.3. The summed E-state index contributed by atoms with van der Waals surface area (Å²) >= 11 is 0. The van der Waals surface area contributed by atoms with Crippen LogP contribution in [-0.2, 0) is 0 Å². The molecular formula is C62H40N8. The first kappa shape index (κ1) is 39.5. The highest BCUT2D eigenvalue weighted by Gasteiger charge is 2.35. The van der Waals surface area contributed by atoms with Crippen LogP contribution in [-0.4, -0.2) is 29.1 Å². The number of rotatable bonds is 7. The summed E-state index contributed by atoms with van der Waals surface area (Å²) in [6.07, 6.45) is 3.78. The van der Waals surface area contributed by atoms with Gasteiger partial charge in [0.15, 0.2) is 5.82 Å². The van der Waals surface area contributed by atoms with Crippen LogP contribution in [0.15, 0.2) is 243 Å². The van der Waals surface area contributed by atoms with Crippen LogP contribution >= 0.6 is 0 Å². The molecule has 0 spiro atoms. The largest absolute Gasteiger partial charge is 0.306 e. The summed E-state index contributed by atoms with van der Waals surface area (Å²) in [6, 6.07) is 81.2. The molecule has 1 aliphatic heterocycles. The predicted octanol–water partition coefficient (Wildman–Crippen LogP) is 15.7. The zero-order valence-electron chi connectivity index (χ0n) is 37.7. The van der Waals surface area contributed by atoms with E-state index < -0.39 is 0 Å². The van der Waals surface area contributed by atoms with Gasteiger partial charge in [-0.2, -0.15) is 0 Å². The number of fused-ring (bicyclic) bond motifs is 8. The maximum atomic E-state index is 5.48.